The average Bonchev–Trinajstić information content (AvgIpc) is 2.60. The third kappa shape index (κ3) is 1.60. The normalized spacial score (nSPS) is 10.8. The van der Waals surface area contributed by atoms with Gasteiger partial charge in [-0.3, -0.25) is 0 Å². The molecule has 1 aromatic heterocycles. The number of thiophene rings is 1. The van der Waals surface area contributed by atoms with Gasteiger partial charge < -0.3 is 4.74 Å². The summed E-state index contributed by atoms with van der Waals surface area (Å²) in [6.45, 7) is 0. The largest absolute Gasteiger partial charge is 0.494 e. The lowest BCUT2D eigenvalue weighted by Gasteiger charge is -2.03. The van der Waals surface area contributed by atoms with Gasteiger partial charge in [0.05, 0.1) is 17.7 Å². The van der Waals surface area contributed by atoms with Crippen molar-refractivity contribution in [2.45, 2.75) is 10.8 Å². The first-order chi connectivity index (χ1) is 6.76. The third-order valence-corrected chi connectivity index (χ3v) is 3.96. The summed E-state index contributed by atoms with van der Waals surface area (Å²) in [6, 6.07) is 6.06. The van der Waals surface area contributed by atoms with Crippen molar-refractivity contribution < 1.29 is 4.74 Å². The van der Waals surface area contributed by atoms with E-state index in [0.29, 0.717) is 5.88 Å². The number of halogens is 1. The van der Waals surface area contributed by atoms with Crippen LogP contribution in [0.1, 0.15) is 4.88 Å². The highest BCUT2D eigenvalue weighted by atomic mass is 35.5. The number of alkyl halides is 1. The Morgan fingerprint density at radius 3 is 2.93 bits per heavy atom. The smallest absolute Gasteiger partial charge is 0.149 e. The molecule has 0 spiro atoms. The predicted octanol–water partition coefficient (Wildman–Crippen LogP) is 3.94. The standard InChI is InChI=1S/C10H9ClOS2/c1-12-9-8(13)3-2-6-4-7(5-11)14-10(6)9/h2-4,13H,5H2,1H3. The van der Waals surface area contributed by atoms with Crippen molar-refractivity contribution in [3.63, 3.8) is 0 Å². The molecule has 1 nitrogen and oxygen atoms in total. The Morgan fingerprint density at radius 1 is 1.50 bits per heavy atom. The molecule has 0 N–H and O–H groups in total. The van der Waals surface area contributed by atoms with Gasteiger partial charge in [0.15, 0.2) is 0 Å². The molecule has 1 heterocycles. The summed E-state index contributed by atoms with van der Waals surface area (Å²) in [4.78, 5) is 2.02. The third-order valence-electron chi connectivity index (χ3n) is 2.01. The SMILES string of the molecule is COc1c(S)ccc2cc(CCl)sc12. The molecule has 4 heteroatoms. The second kappa shape index (κ2) is 4.01. The zero-order chi connectivity index (χ0) is 10.1. The Hall–Kier alpha value is -0.380. The summed E-state index contributed by atoms with van der Waals surface area (Å²) in [7, 11) is 1.66. The van der Waals surface area contributed by atoms with Gasteiger partial charge in [-0.1, -0.05) is 6.07 Å². The van der Waals surface area contributed by atoms with Crippen LogP contribution in [0.4, 0.5) is 0 Å². The van der Waals surface area contributed by atoms with Crippen LogP contribution in [0, 0.1) is 0 Å². The molecule has 0 aliphatic carbocycles. The summed E-state index contributed by atoms with van der Waals surface area (Å²) in [5.74, 6) is 1.39. The number of benzene rings is 1. The zero-order valence-electron chi connectivity index (χ0n) is 7.58. The molecule has 0 saturated heterocycles. The van der Waals surface area contributed by atoms with Crippen molar-refractivity contribution in [3.8, 4) is 5.75 Å². The van der Waals surface area contributed by atoms with Gasteiger partial charge in [0.25, 0.3) is 0 Å². The van der Waals surface area contributed by atoms with Gasteiger partial charge >= 0.3 is 0 Å². The minimum absolute atomic E-state index is 0.546. The van der Waals surface area contributed by atoms with E-state index in [1.165, 1.54) is 5.39 Å². The molecule has 74 valence electrons. The van der Waals surface area contributed by atoms with Gasteiger partial charge in [0, 0.05) is 9.77 Å². The first kappa shape index (κ1) is 10.1. The molecule has 0 fully saturated rings. The highest BCUT2D eigenvalue weighted by Gasteiger charge is 2.09. The summed E-state index contributed by atoms with van der Waals surface area (Å²) >= 11 is 11.8. The average molecular weight is 245 g/mol. The lowest BCUT2D eigenvalue weighted by molar-refractivity contribution is 0.411. The predicted molar refractivity (Wildman–Crippen MR) is 65.2 cm³/mol. The number of ether oxygens (including phenoxy) is 1. The van der Waals surface area contributed by atoms with Gasteiger partial charge in [-0.2, -0.15) is 0 Å². The van der Waals surface area contributed by atoms with E-state index in [-0.39, 0.29) is 0 Å². The molecule has 14 heavy (non-hydrogen) atoms. The summed E-state index contributed by atoms with van der Waals surface area (Å²) in [6.07, 6.45) is 0. The number of thiol groups is 1. The maximum Gasteiger partial charge on any atom is 0.149 e. The van der Waals surface area contributed by atoms with Crippen LogP contribution >= 0.6 is 35.6 Å². The molecule has 1 aromatic carbocycles. The highest BCUT2D eigenvalue weighted by molar-refractivity contribution is 7.80. The second-order valence-electron chi connectivity index (χ2n) is 2.88. The van der Waals surface area contributed by atoms with E-state index >= 15 is 0 Å². The summed E-state index contributed by atoms with van der Waals surface area (Å²) in [5, 5.41) is 1.17. The molecule has 2 aromatic rings. The van der Waals surface area contributed by atoms with E-state index in [4.69, 9.17) is 16.3 Å². The summed E-state index contributed by atoms with van der Waals surface area (Å²) < 4.78 is 6.43. The Labute approximate surface area is 97.1 Å². The van der Waals surface area contributed by atoms with Crippen LogP contribution < -0.4 is 4.74 Å². The van der Waals surface area contributed by atoms with Crippen molar-refractivity contribution >= 4 is 45.7 Å². The van der Waals surface area contributed by atoms with Crippen molar-refractivity contribution in [2.75, 3.05) is 7.11 Å². The molecule has 0 unspecified atom stereocenters. The number of hydrogen-bond acceptors (Lipinski definition) is 3. The van der Waals surface area contributed by atoms with Crippen LogP contribution in [0.5, 0.6) is 5.75 Å². The van der Waals surface area contributed by atoms with Crippen LogP contribution in [0.3, 0.4) is 0 Å². The number of hydrogen-bond donors (Lipinski definition) is 1. The van der Waals surface area contributed by atoms with Gasteiger partial charge in [-0.05, 0) is 17.5 Å². The van der Waals surface area contributed by atoms with E-state index in [1.54, 1.807) is 18.4 Å². The second-order valence-corrected chi connectivity index (χ2v) is 4.77. The number of methoxy groups -OCH3 is 1. The van der Waals surface area contributed by atoms with Crippen LogP contribution in [0.15, 0.2) is 23.1 Å². The van der Waals surface area contributed by atoms with Gasteiger partial charge in [0.1, 0.15) is 5.75 Å². The van der Waals surface area contributed by atoms with Crippen molar-refractivity contribution in [3.05, 3.63) is 23.1 Å². The van der Waals surface area contributed by atoms with Crippen LogP contribution in [0.2, 0.25) is 0 Å². The van der Waals surface area contributed by atoms with E-state index in [1.807, 2.05) is 12.1 Å². The number of rotatable bonds is 2. The van der Waals surface area contributed by atoms with Gasteiger partial charge in [-0.25, -0.2) is 0 Å². The van der Waals surface area contributed by atoms with E-state index in [2.05, 4.69) is 18.7 Å². The zero-order valence-corrected chi connectivity index (χ0v) is 10.0. The van der Waals surface area contributed by atoms with E-state index in [0.717, 1.165) is 20.2 Å². The highest BCUT2D eigenvalue weighted by Crippen LogP contribution is 2.38. The molecular formula is C10H9ClOS2. The Kier molecular flexibility index (Phi) is 2.91. The molecule has 0 amide bonds. The van der Waals surface area contributed by atoms with Crippen LogP contribution in [-0.2, 0) is 5.88 Å². The fraction of sp³-hybridized carbons (Fsp3) is 0.200. The van der Waals surface area contributed by atoms with Crippen molar-refractivity contribution in [2.24, 2.45) is 0 Å². The lowest BCUT2D eigenvalue weighted by Crippen LogP contribution is -1.83. The quantitative estimate of drug-likeness (QED) is 0.622. The Bertz CT molecular complexity index is 464. The first-order valence-corrected chi connectivity index (χ1v) is 5.90. The molecule has 0 bridgehead atoms. The molecule has 0 aliphatic rings. The van der Waals surface area contributed by atoms with Gasteiger partial charge in [0.2, 0.25) is 0 Å². The fourth-order valence-electron chi connectivity index (χ4n) is 1.38. The van der Waals surface area contributed by atoms with E-state index < -0.39 is 0 Å². The molecular weight excluding hydrogens is 236 g/mol. The molecule has 0 atom stereocenters. The minimum Gasteiger partial charge on any atom is -0.494 e. The molecule has 2 rings (SSSR count). The van der Waals surface area contributed by atoms with Crippen LogP contribution in [-0.4, -0.2) is 7.11 Å². The maximum absolute atomic E-state index is 5.78. The van der Waals surface area contributed by atoms with Crippen LogP contribution in [0.25, 0.3) is 10.1 Å². The Balaban J connectivity index is 2.73. The molecule has 0 aliphatic heterocycles. The van der Waals surface area contributed by atoms with Gasteiger partial charge in [-0.15, -0.1) is 35.6 Å². The summed E-state index contributed by atoms with van der Waals surface area (Å²) in [5.41, 5.74) is 0. The maximum atomic E-state index is 5.78. The fourth-order valence-corrected chi connectivity index (χ4v) is 3.01. The van der Waals surface area contributed by atoms with Crippen molar-refractivity contribution in [1.82, 2.24) is 0 Å². The Morgan fingerprint density at radius 2 is 2.29 bits per heavy atom. The van der Waals surface area contributed by atoms with Crippen molar-refractivity contribution in [1.29, 1.82) is 0 Å². The topological polar surface area (TPSA) is 9.23 Å². The number of fused-ring (bicyclic) bond motifs is 1. The molecule has 0 radical (unpaired) electrons. The minimum atomic E-state index is 0.546. The monoisotopic (exact) mass is 244 g/mol. The van der Waals surface area contributed by atoms with E-state index in [9.17, 15) is 0 Å². The molecule has 0 saturated carbocycles. The first-order valence-electron chi connectivity index (χ1n) is 4.10. The lowest BCUT2D eigenvalue weighted by atomic mass is 10.2.